The minimum atomic E-state index is -0.948. The van der Waals surface area contributed by atoms with Crippen molar-refractivity contribution in [3.05, 3.63) is 136 Å². The van der Waals surface area contributed by atoms with Gasteiger partial charge in [-0.05, 0) is 54.8 Å². The zero-order valence-electron chi connectivity index (χ0n) is 23.4. The second-order valence-corrected chi connectivity index (χ2v) is 12.2. The maximum absolute atomic E-state index is 13.6. The molecule has 1 aliphatic heterocycles. The van der Waals surface area contributed by atoms with Crippen LogP contribution in [0.25, 0.3) is 0 Å². The first kappa shape index (κ1) is 28.4. The third-order valence-corrected chi connectivity index (χ3v) is 9.07. The number of benzene rings is 3. The number of Topliss-reactive ketones (excluding diaryl/α,β-unsaturated/α-hetero) is 1. The number of nitrogens with zero attached hydrogens (tertiary/aromatic N) is 3. The predicted octanol–water partition coefficient (Wildman–Crippen LogP) is 7.40. The Kier molecular flexibility index (Phi) is 8.13. The van der Waals surface area contributed by atoms with Crippen molar-refractivity contribution in [1.82, 2.24) is 10.2 Å². The number of thioether (sulfide) groups is 1. The monoisotopic (exact) mass is 609 g/mol. The lowest BCUT2D eigenvalue weighted by molar-refractivity contribution is -0.117. The van der Waals surface area contributed by atoms with Gasteiger partial charge in [-0.1, -0.05) is 95.4 Å². The summed E-state index contributed by atoms with van der Waals surface area (Å²) in [5.74, 6) is -0.0634. The van der Waals surface area contributed by atoms with Gasteiger partial charge in [0.1, 0.15) is 18.1 Å². The summed E-state index contributed by atoms with van der Waals surface area (Å²) in [6.45, 7) is 4.16. The second kappa shape index (κ2) is 12.3. The van der Waals surface area contributed by atoms with Crippen molar-refractivity contribution in [3.63, 3.8) is 0 Å². The Labute approximate surface area is 256 Å². The quantitative estimate of drug-likeness (QED) is 0.0992. The van der Waals surface area contributed by atoms with E-state index in [-0.39, 0.29) is 16.5 Å². The van der Waals surface area contributed by atoms with Gasteiger partial charge in [0, 0.05) is 5.75 Å². The molecule has 1 N–H and O–H groups in total. The van der Waals surface area contributed by atoms with Crippen LogP contribution in [-0.4, -0.2) is 27.0 Å². The zero-order chi connectivity index (χ0) is 29.9. The third kappa shape index (κ3) is 6.11. The van der Waals surface area contributed by atoms with E-state index in [1.165, 1.54) is 39.6 Å². The molecule has 0 saturated heterocycles. The average Bonchev–Trinajstić information content (AvgIpc) is 3.74. The number of hydrogen-bond acceptors (Lipinski definition) is 9. The van der Waals surface area contributed by atoms with Crippen molar-refractivity contribution in [2.24, 2.45) is 0 Å². The van der Waals surface area contributed by atoms with E-state index in [1.54, 1.807) is 37.3 Å². The van der Waals surface area contributed by atoms with Gasteiger partial charge in [0.2, 0.25) is 10.9 Å². The van der Waals surface area contributed by atoms with Gasteiger partial charge in [0.15, 0.2) is 15.9 Å². The molecule has 0 bridgehead atoms. The number of aliphatic hydroxyl groups excluding tert-OH is 1. The van der Waals surface area contributed by atoms with Crippen LogP contribution in [0, 0.1) is 13.8 Å². The van der Waals surface area contributed by atoms with Crippen molar-refractivity contribution in [2.75, 3.05) is 4.90 Å². The van der Waals surface area contributed by atoms with Crippen LogP contribution in [0.4, 0.5) is 5.13 Å². The summed E-state index contributed by atoms with van der Waals surface area (Å²) in [5, 5.41) is 19.9. The molecule has 0 spiro atoms. The predicted molar refractivity (Wildman–Crippen MR) is 166 cm³/mol. The number of amides is 1. The SMILES string of the molecule is Cc1ccc(CSc2nnc(N3C(=O)C(O)=C(C(=O)c4ccc(C)o4)C3c3ccc(OCc4ccccc4)cc3)s2)cc1. The average molecular weight is 610 g/mol. The lowest BCUT2D eigenvalue weighted by Crippen LogP contribution is -2.31. The van der Waals surface area contributed by atoms with E-state index in [0.717, 1.165) is 11.1 Å². The van der Waals surface area contributed by atoms with Gasteiger partial charge < -0.3 is 14.3 Å². The van der Waals surface area contributed by atoms with Crippen molar-refractivity contribution >= 4 is 39.9 Å². The number of aryl methyl sites for hydroxylation is 2. The van der Waals surface area contributed by atoms with Gasteiger partial charge in [-0.3, -0.25) is 14.5 Å². The van der Waals surface area contributed by atoms with Crippen LogP contribution in [0.5, 0.6) is 5.75 Å². The molecule has 43 heavy (non-hydrogen) atoms. The van der Waals surface area contributed by atoms with Gasteiger partial charge in [-0.15, -0.1) is 10.2 Å². The summed E-state index contributed by atoms with van der Waals surface area (Å²) >= 11 is 2.73. The Morgan fingerprint density at radius 1 is 0.953 bits per heavy atom. The highest BCUT2D eigenvalue weighted by atomic mass is 32.2. The fourth-order valence-electron chi connectivity index (χ4n) is 4.71. The molecule has 2 aromatic heterocycles. The summed E-state index contributed by atoms with van der Waals surface area (Å²) in [6.07, 6.45) is 0. The minimum absolute atomic E-state index is 0.0353. The third-order valence-electron chi connectivity index (χ3n) is 6.95. The minimum Gasteiger partial charge on any atom is -0.503 e. The number of carbonyl (C=O) groups excluding carboxylic acids is 2. The molecule has 1 unspecified atom stereocenters. The molecule has 6 rings (SSSR count). The molecule has 8 nitrogen and oxygen atoms in total. The molecule has 1 atom stereocenters. The number of carbonyl (C=O) groups is 2. The molecule has 0 saturated carbocycles. The molecule has 10 heteroatoms. The molecule has 3 aromatic carbocycles. The highest BCUT2D eigenvalue weighted by molar-refractivity contribution is 8.00. The fourth-order valence-corrected chi connectivity index (χ4v) is 6.54. The Hall–Kier alpha value is -4.67. The van der Waals surface area contributed by atoms with E-state index in [9.17, 15) is 14.7 Å². The van der Waals surface area contributed by atoms with E-state index in [1.807, 2.05) is 37.3 Å². The molecule has 1 aliphatic rings. The number of anilines is 1. The summed E-state index contributed by atoms with van der Waals surface area (Å²) in [7, 11) is 0. The largest absolute Gasteiger partial charge is 0.503 e. The number of hydrogen-bond donors (Lipinski definition) is 1. The number of aliphatic hydroxyl groups is 1. The number of rotatable bonds is 10. The van der Waals surface area contributed by atoms with Crippen LogP contribution in [0.15, 0.2) is 111 Å². The molecular formula is C33H27N3O5S2. The maximum atomic E-state index is 13.6. The van der Waals surface area contributed by atoms with Gasteiger partial charge in [-0.25, -0.2) is 0 Å². The van der Waals surface area contributed by atoms with Crippen LogP contribution >= 0.6 is 23.1 Å². The van der Waals surface area contributed by atoms with Crippen LogP contribution in [0.1, 0.15) is 44.6 Å². The number of aromatic nitrogens is 2. The van der Waals surface area contributed by atoms with Gasteiger partial charge in [0.05, 0.1) is 11.6 Å². The van der Waals surface area contributed by atoms with E-state index in [2.05, 4.69) is 34.5 Å². The molecule has 0 radical (unpaired) electrons. The van der Waals surface area contributed by atoms with Crippen molar-refractivity contribution < 1.29 is 23.8 Å². The molecule has 216 valence electrons. The number of ether oxygens (including phenoxy) is 1. The van der Waals surface area contributed by atoms with Crippen molar-refractivity contribution in [1.29, 1.82) is 0 Å². The normalized spacial score (nSPS) is 14.9. The summed E-state index contributed by atoms with van der Waals surface area (Å²) in [4.78, 5) is 28.5. The molecule has 3 heterocycles. The second-order valence-electron chi connectivity index (χ2n) is 10.0. The lowest BCUT2D eigenvalue weighted by Gasteiger charge is -2.24. The van der Waals surface area contributed by atoms with E-state index >= 15 is 0 Å². The van der Waals surface area contributed by atoms with Crippen molar-refractivity contribution in [2.45, 2.75) is 36.6 Å². The smallest absolute Gasteiger partial charge is 0.296 e. The van der Waals surface area contributed by atoms with E-state index in [0.29, 0.717) is 33.8 Å². The Morgan fingerprint density at radius 3 is 2.40 bits per heavy atom. The summed E-state index contributed by atoms with van der Waals surface area (Å²) in [6, 6.07) is 27.4. The first-order chi connectivity index (χ1) is 20.9. The highest BCUT2D eigenvalue weighted by Gasteiger charge is 2.46. The van der Waals surface area contributed by atoms with Crippen LogP contribution in [-0.2, 0) is 17.2 Å². The van der Waals surface area contributed by atoms with Crippen LogP contribution < -0.4 is 9.64 Å². The van der Waals surface area contributed by atoms with Crippen LogP contribution in [0.3, 0.4) is 0 Å². The molecular weight excluding hydrogens is 583 g/mol. The highest BCUT2D eigenvalue weighted by Crippen LogP contribution is 2.44. The molecule has 5 aromatic rings. The topological polar surface area (TPSA) is 106 Å². The number of furan rings is 1. The lowest BCUT2D eigenvalue weighted by atomic mass is 9.95. The Balaban J connectivity index is 1.29. The molecule has 0 fully saturated rings. The Bertz CT molecular complexity index is 1790. The Morgan fingerprint density at radius 2 is 1.70 bits per heavy atom. The van der Waals surface area contributed by atoms with Crippen molar-refractivity contribution in [3.8, 4) is 5.75 Å². The summed E-state index contributed by atoms with van der Waals surface area (Å²) in [5.41, 5.74) is 3.86. The van der Waals surface area contributed by atoms with E-state index in [4.69, 9.17) is 9.15 Å². The fraction of sp³-hybridized carbons (Fsp3) is 0.152. The zero-order valence-corrected chi connectivity index (χ0v) is 25.0. The standard InChI is InChI=1S/C33H27N3O5S2/c1-20-8-11-23(12-9-20)19-42-33-35-34-32(43-33)36-28(27(30(38)31(36)39)29(37)26-17-10-21(2)41-26)24-13-15-25(16-14-24)40-18-22-6-4-3-5-7-22/h3-17,28,38H,18-19H2,1-2H3. The number of ketones is 1. The van der Waals surface area contributed by atoms with Gasteiger partial charge in [-0.2, -0.15) is 0 Å². The molecule has 0 aliphatic carbocycles. The van der Waals surface area contributed by atoms with Gasteiger partial charge >= 0.3 is 0 Å². The first-order valence-corrected chi connectivity index (χ1v) is 15.3. The first-order valence-electron chi connectivity index (χ1n) is 13.5. The van der Waals surface area contributed by atoms with E-state index < -0.39 is 23.5 Å². The van der Waals surface area contributed by atoms with Crippen LogP contribution in [0.2, 0.25) is 0 Å². The summed E-state index contributed by atoms with van der Waals surface area (Å²) < 4.78 is 12.2. The molecule has 1 amide bonds. The van der Waals surface area contributed by atoms with Gasteiger partial charge in [0.25, 0.3) is 5.91 Å². The maximum Gasteiger partial charge on any atom is 0.296 e.